The summed E-state index contributed by atoms with van der Waals surface area (Å²) < 4.78 is 29.6. The Bertz CT molecular complexity index is 1550. The summed E-state index contributed by atoms with van der Waals surface area (Å²) in [6.07, 6.45) is 2.98. The van der Waals surface area contributed by atoms with Gasteiger partial charge < -0.3 is 19.3 Å². The molecule has 230 valence electrons. The average Bonchev–Trinajstić information content (AvgIpc) is 3.00. The van der Waals surface area contributed by atoms with Crippen molar-refractivity contribution in [3.8, 4) is 0 Å². The highest BCUT2D eigenvalue weighted by Gasteiger charge is 2.50. The van der Waals surface area contributed by atoms with E-state index in [1.54, 1.807) is 24.4 Å². The Morgan fingerprint density at radius 1 is 1.02 bits per heavy atom. The highest BCUT2D eigenvalue weighted by Crippen LogP contribution is 2.41. The van der Waals surface area contributed by atoms with Gasteiger partial charge in [-0.1, -0.05) is 98.2 Å². The maximum absolute atomic E-state index is 16.3. The van der Waals surface area contributed by atoms with Crippen LogP contribution in [0, 0.1) is 5.82 Å². The van der Waals surface area contributed by atoms with Crippen molar-refractivity contribution in [3.05, 3.63) is 119 Å². The lowest BCUT2D eigenvalue weighted by Crippen LogP contribution is -2.66. The molecule has 0 bridgehead atoms. The lowest BCUT2D eigenvalue weighted by Gasteiger charge is -2.43. The van der Waals surface area contributed by atoms with E-state index in [0.29, 0.717) is 29.9 Å². The third-order valence-corrected chi connectivity index (χ3v) is 13.5. The van der Waals surface area contributed by atoms with Crippen molar-refractivity contribution < 1.29 is 18.8 Å². The molecule has 1 aliphatic heterocycles. The molecule has 0 spiro atoms. The average molecular weight is 632 g/mol. The normalized spacial score (nSPS) is 18.0. The predicted octanol–water partition coefficient (Wildman–Crippen LogP) is 6.79. The van der Waals surface area contributed by atoms with Crippen LogP contribution in [0.2, 0.25) is 10.1 Å². The van der Waals surface area contributed by atoms with Gasteiger partial charge in [0.15, 0.2) is 5.82 Å². The maximum atomic E-state index is 16.3. The quantitative estimate of drug-likeness (QED) is 0.100. The van der Waals surface area contributed by atoms with Gasteiger partial charge in [-0.3, -0.25) is 4.98 Å². The molecule has 1 saturated heterocycles. The van der Waals surface area contributed by atoms with Gasteiger partial charge in [-0.15, -0.1) is 0 Å². The number of pyridine rings is 1. The molecule has 1 N–H and O–H groups in total. The Balaban J connectivity index is 1.70. The van der Waals surface area contributed by atoms with Gasteiger partial charge in [0.2, 0.25) is 0 Å². The van der Waals surface area contributed by atoms with E-state index in [9.17, 15) is 5.21 Å². The van der Waals surface area contributed by atoms with Crippen molar-refractivity contribution in [2.75, 3.05) is 18.0 Å². The molecule has 9 heteroatoms. The number of benzene rings is 3. The van der Waals surface area contributed by atoms with Gasteiger partial charge in [0.25, 0.3) is 8.32 Å². The number of nitrogens with zero attached hydrogens (tertiary/aromatic N) is 3. The zero-order valence-corrected chi connectivity index (χ0v) is 27.6. The second-order valence-corrected chi connectivity index (χ2v) is 17.0. The highest BCUT2D eigenvalue weighted by atomic mass is 35.5. The number of aromatic nitrogens is 1. The second kappa shape index (κ2) is 13.2. The molecular weight excluding hydrogens is 593 g/mol. The van der Waals surface area contributed by atoms with E-state index in [2.05, 4.69) is 60.1 Å². The van der Waals surface area contributed by atoms with Crippen molar-refractivity contribution in [1.82, 2.24) is 4.98 Å². The number of morpholine rings is 1. The molecule has 1 aromatic heterocycles. The summed E-state index contributed by atoms with van der Waals surface area (Å²) in [5.41, 5.74) is 1.84. The van der Waals surface area contributed by atoms with E-state index in [0.717, 1.165) is 10.4 Å². The molecule has 0 unspecified atom stereocenters. The molecule has 1 aliphatic rings. The van der Waals surface area contributed by atoms with Crippen LogP contribution < -0.4 is 15.3 Å². The van der Waals surface area contributed by atoms with Crippen molar-refractivity contribution >= 4 is 41.7 Å². The van der Waals surface area contributed by atoms with Crippen LogP contribution in [0.5, 0.6) is 0 Å². The third kappa shape index (κ3) is 6.17. The number of oxime groups is 1. The van der Waals surface area contributed by atoms with Gasteiger partial charge in [-0.05, 0) is 47.5 Å². The molecular formula is C35H39ClFN3O3Si. The Kier molecular flexibility index (Phi) is 9.55. The zero-order chi connectivity index (χ0) is 31.5. The Labute approximate surface area is 265 Å². The van der Waals surface area contributed by atoms with Crippen molar-refractivity contribution in [3.63, 3.8) is 0 Å². The van der Waals surface area contributed by atoms with E-state index in [-0.39, 0.29) is 40.2 Å². The fraction of sp³-hybridized carbons (Fsp3) is 0.314. The Hall–Kier alpha value is -3.56. The molecule has 0 aliphatic carbocycles. The first kappa shape index (κ1) is 31.8. The minimum absolute atomic E-state index is 0.0412. The zero-order valence-electron chi connectivity index (χ0n) is 25.8. The topological polar surface area (TPSA) is 67.2 Å². The Morgan fingerprint density at radius 2 is 1.61 bits per heavy atom. The van der Waals surface area contributed by atoms with E-state index in [1.165, 1.54) is 6.20 Å². The van der Waals surface area contributed by atoms with E-state index < -0.39 is 14.1 Å². The molecule has 5 rings (SSSR count). The van der Waals surface area contributed by atoms with Crippen LogP contribution in [0.15, 0.2) is 96.4 Å². The fourth-order valence-corrected chi connectivity index (χ4v) is 11.2. The van der Waals surface area contributed by atoms with Crippen molar-refractivity contribution in [1.29, 1.82) is 0 Å². The molecule has 44 heavy (non-hydrogen) atoms. The van der Waals surface area contributed by atoms with Crippen LogP contribution >= 0.6 is 11.6 Å². The van der Waals surface area contributed by atoms with Crippen LogP contribution in [0.4, 0.5) is 10.1 Å². The van der Waals surface area contributed by atoms with Crippen LogP contribution in [0.25, 0.3) is 0 Å². The molecule has 0 amide bonds. The lowest BCUT2D eigenvalue weighted by molar-refractivity contribution is -0.00532. The largest absolute Gasteiger partial charge is 0.410 e. The van der Waals surface area contributed by atoms with E-state index >= 15 is 4.39 Å². The fourth-order valence-electron chi connectivity index (χ4n) is 6.37. The third-order valence-electron chi connectivity index (χ3n) is 8.15. The SMILES string of the molecule is C[C@@H]1CN(c2c(CO[Si](c3ccccc3)(c3ccccc3)C(C)(C)C)cc(/C(=N/O)c3cccnc3)c(F)c2Cl)C[C@H](C)O1. The summed E-state index contributed by atoms with van der Waals surface area (Å²) in [6.45, 7) is 11.9. The minimum atomic E-state index is -2.95. The van der Waals surface area contributed by atoms with Crippen molar-refractivity contribution in [2.24, 2.45) is 5.16 Å². The van der Waals surface area contributed by atoms with Gasteiger partial charge in [0.05, 0.1) is 24.5 Å². The number of halogens is 2. The number of hydrogen-bond donors (Lipinski definition) is 1. The first-order valence-corrected chi connectivity index (χ1v) is 17.1. The highest BCUT2D eigenvalue weighted by molar-refractivity contribution is 6.99. The smallest absolute Gasteiger partial charge is 0.261 e. The molecule has 2 atom stereocenters. The molecule has 1 fully saturated rings. The molecule has 0 radical (unpaired) electrons. The maximum Gasteiger partial charge on any atom is 0.261 e. The monoisotopic (exact) mass is 631 g/mol. The molecule has 4 aromatic rings. The van der Waals surface area contributed by atoms with Gasteiger partial charge in [-0.2, -0.15) is 0 Å². The minimum Gasteiger partial charge on any atom is -0.410 e. The van der Waals surface area contributed by atoms with Crippen LogP contribution in [0.1, 0.15) is 51.3 Å². The predicted molar refractivity (Wildman–Crippen MR) is 178 cm³/mol. The lowest BCUT2D eigenvalue weighted by atomic mass is 9.99. The molecule has 0 saturated carbocycles. The summed E-state index contributed by atoms with van der Waals surface area (Å²) in [6, 6.07) is 25.9. The summed E-state index contributed by atoms with van der Waals surface area (Å²) in [5.74, 6) is -0.667. The number of hydrogen-bond acceptors (Lipinski definition) is 6. The van der Waals surface area contributed by atoms with E-state index in [1.807, 2.05) is 50.2 Å². The van der Waals surface area contributed by atoms with Gasteiger partial charge in [0, 0.05) is 42.2 Å². The molecule has 6 nitrogen and oxygen atoms in total. The van der Waals surface area contributed by atoms with E-state index in [4.69, 9.17) is 20.8 Å². The molecule has 2 heterocycles. The van der Waals surface area contributed by atoms with Gasteiger partial charge in [-0.25, -0.2) is 4.39 Å². The number of ether oxygens (including phenoxy) is 1. The summed E-state index contributed by atoms with van der Waals surface area (Å²) in [4.78, 5) is 6.22. The summed E-state index contributed by atoms with van der Waals surface area (Å²) in [7, 11) is -2.95. The van der Waals surface area contributed by atoms with Crippen LogP contribution in [0.3, 0.4) is 0 Å². The van der Waals surface area contributed by atoms with Crippen molar-refractivity contribution in [2.45, 2.75) is 58.5 Å². The first-order valence-electron chi connectivity index (χ1n) is 14.9. The first-order chi connectivity index (χ1) is 21.1. The number of rotatable bonds is 8. The van der Waals surface area contributed by atoms with Crippen LogP contribution in [-0.2, 0) is 15.8 Å². The van der Waals surface area contributed by atoms with Gasteiger partial charge in [0.1, 0.15) is 10.7 Å². The second-order valence-electron chi connectivity index (χ2n) is 12.4. The van der Waals surface area contributed by atoms with Gasteiger partial charge >= 0.3 is 0 Å². The standard InChI is InChI=1S/C35H39ClFN3O3Si/c1-24-21-40(22-25(2)43-24)34-27(19-30(32(37)31(34)36)33(39-41)26-13-12-18-38-20-26)23-42-44(35(3,4)5,28-14-8-6-9-15-28)29-16-10-7-11-17-29/h6-20,24-25,41H,21-23H2,1-5H3/b39-33+/t24-,25+. The summed E-state index contributed by atoms with van der Waals surface area (Å²) >= 11 is 6.94. The Morgan fingerprint density at radius 3 is 2.11 bits per heavy atom. The molecule has 3 aromatic carbocycles. The summed E-state index contributed by atoms with van der Waals surface area (Å²) in [5, 5.41) is 15.5. The van der Waals surface area contributed by atoms with Crippen LogP contribution in [-0.4, -0.2) is 49.5 Å². The number of anilines is 1.